The fourth-order valence-electron chi connectivity index (χ4n) is 3.03. The third kappa shape index (κ3) is 7.17. The molecular formula is C20H28N6O10S2. The zero-order valence-electron chi connectivity index (χ0n) is 20.3. The number of ether oxygens (including phenoxy) is 1. The van der Waals surface area contributed by atoms with Gasteiger partial charge < -0.3 is 46.8 Å². The maximum Gasteiger partial charge on any atom is 0.352 e. The van der Waals surface area contributed by atoms with Gasteiger partial charge in [0, 0.05) is 23.6 Å². The number of oxime groups is 1. The van der Waals surface area contributed by atoms with Crippen LogP contribution in [0.4, 0.5) is 5.13 Å². The number of thiazole rings is 1. The lowest BCUT2D eigenvalue weighted by Gasteiger charge is -2.49. The van der Waals surface area contributed by atoms with Crippen molar-refractivity contribution in [1.82, 2.24) is 15.2 Å². The van der Waals surface area contributed by atoms with E-state index >= 15 is 0 Å². The Morgan fingerprint density at radius 2 is 1.92 bits per heavy atom. The molecule has 0 spiro atoms. The number of carboxylic acids is 1. The fourth-order valence-corrected chi connectivity index (χ4v) is 4.91. The summed E-state index contributed by atoms with van der Waals surface area (Å²) in [5.74, 6) is -2.98. The highest BCUT2D eigenvalue weighted by Gasteiger charge is 2.54. The number of nitrogen functional groups attached to an aromatic ring is 1. The molecule has 18 heteroatoms. The SMILES string of the molecule is CO/N=C(\C(=O)N[C@@H]1C(=O)N2C(C(=O)O)=C(COC(C)=O)CS[C@H]12)c1csc(N)n1.NC(CO)(CO)CO. The van der Waals surface area contributed by atoms with Gasteiger partial charge in [-0.2, -0.15) is 0 Å². The second kappa shape index (κ2) is 13.5. The largest absolute Gasteiger partial charge is 0.477 e. The number of fused-ring (bicyclic) bond motifs is 1. The van der Waals surface area contributed by atoms with Crippen LogP contribution < -0.4 is 16.8 Å². The minimum absolute atomic E-state index is 0.165. The first-order chi connectivity index (χ1) is 17.9. The van der Waals surface area contributed by atoms with E-state index in [-0.39, 0.29) is 34.6 Å². The van der Waals surface area contributed by atoms with Crippen LogP contribution >= 0.6 is 23.1 Å². The predicted molar refractivity (Wildman–Crippen MR) is 135 cm³/mol. The molecule has 2 amide bonds. The summed E-state index contributed by atoms with van der Waals surface area (Å²) >= 11 is 2.35. The lowest BCUT2D eigenvalue weighted by molar-refractivity contribution is -0.150. The Morgan fingerprint density at radius 3 is 2.37 bits per heavy atom. The highest BCUT2D eigenvalue weighted by molar-refractivity contribution is 8.00. The average molecular weight is 577 g/mol. The van der Waals surface area contributed by atoms with E-state index in [4.69, 9.17) is 31.5 Å². The summed E-state index contributed by atoms with van der Waals surface area (Å²) in [5.41, 5.74) is 9.60. The quantitative estimate of drug-likeness (QED) is 0.0635. The van der Waals surface area contributed by atoms with Crippen LogP contribution in [0.5, 0.6) is 0 Å². The molecule has 1 aromatic rings. The molecule has 2 aliphatic heterocycles. The number of esters is 1. The molecule has 1 fully saturated rings. The van der Waals surface area contributed by atoms with Crippen LogP contribution in [0.3, 0.4) is 0 Å². The first-order valence-electron chi connectivity index (χ1n) is 10.7. The number of aromatic nitrogens is 1. The summed E-state index contributed by atoms with van der Waals surface area (Å²) in [5, 5.41) is 41.9. The van der Waals surface area contributed by atoms with Gasteiger partial charge in [0.2, 0.25) is 0 Å². The third-order valence-electron chi connectivity index (χ3n) is 5.09. The Balaban J connectivity index is 0.000000550. The number of hydrogen-bond acceptors (Lipinski definition) is 15. The van der Waals surface area contributed by atoms with Gasteiger partial charge in [-0.25, -0.2) is 9.78 Å². The molecular weight excluding hydrogens is 548 g/mol. The predicted octanol–water partition coefficient (Wildman–Crippen LogP) is -2.96. The highest BCUT2D eigenvalue weighted by Crippen LogP contribution is 2.40. The number of nitrogens with one attached hydrogen (secondary N) is 1. The first kappa shape index (κ1) is 30.9. The molecule has 0 aromatic carbocycles. The summed E-state index contributed by atoms with van der Waals surface area (Å²) in [6.07, 6.45) is 0. The van der Waals surface area contributed by atoms with Gasteiger partial charge in [-0.05, 0) is 0 Å². The zero-order valence-corrected chi connectivity index (χ0v) is 22.0. The number of hydrogen-bond donors (Lipinski definition) is 7. The van der Waals surface area contributed by atoms with Crippen molar-refractivity contribution in [2.24, 2.45) is 10.9 Å². The Bertz CT molecular complexity index is 1110. The molecule has 2 aliphatic rings. The molecule has 9 N–H and O–H groups in total. The van der Waals surface area contributed by atoms with Crippen LogP contribution in [0, 0.1) is 0 Å². The summed E-state index contributed by atoms with van der Waals surface area (Å²) < 4.78 is 4.88. The summed E-state index contributed by atoms with van der Waals surface area (Å²) in [6, 6.07) is -0.967. The molecule has 0 aliphatic carbocycles. The topological polar surface area (TPSA) is 260 Å². The number of β-lactam (4-membered cyclic amide) rings is 1. The van der Waals surface area contributed by atoms with Gasteiger partial charge in [-0.15, -0.1) is 23.1 Å². The number of carbonyl (C=O) groups is 4. The van der Waals surface area contributed by atoms with Crippen LogP contribution in [-0.2, 0) is 28.8 Å². The first-order valence-corrected chi connectivity index (χ1v) is 12.6. The van der Waals surface area contributed by atoms with E-state index in [2.05, 4.69) is 20.3 Å². The van der Waals surface area contributed by atoms with E-state index in [0.29, 0.717) is 5.57 Å². The van der Waals surface area contributed by atoms with Crippen molar-refractivity contribution >= 4 is 57.7 Å². The van der Waals surface area contributed by atoms with E-state index in [1.165, 1.54) is 31.2 Å². The monoisotopic (exact) mass is 576 g/mol. The summed E-state index contributed by atoms with van der Waals surface area (Å²) in [6.45, 7) is -0.234. The number of nitrogens with zero attached hydrogens (tertiary/aromatic N) is 3. The number of anilines is 1. The van der Waals surface area contributed by atoms with E-state index < -0.39 is 60.5 Å². The van der Waals surface area contributed by atoms with E-state index in [1.807, 2.05) is 0 Å². The summed E-state index contributed by atoms with van der Waals surface area (Å²) in [7, 11) is 1.25. The Kier molecular flexibility index (Phi) is 11.0. The van der Waals surface area contributed by atoms with Crippen LogP contribution in [0.25, 0.3) is 0 Å². The van der Waals surface area contributed by atoms with Crippen LogP contribution in [0.15, 0.2) is 21.8 Å². The Hall–Kier alpha value is -3.29. The zero-order chi connectivity index (χ0) is 28.6. The molecule has 0 unspecified atom stereocenters. The van der Waals surface area contributed by atoms with Crippen molar-refractivity contribution in [3.63, 3.8) is 0 Å². The van der Waals surface area contributed by atoms with E-state index in [1.54, 1.807) is 0 Å². The minimum atomic E-state index is -1.32. The molecule has 2 atom stereocenters. The Morgan fingerprint density at radius 1 is 1.29 bits per heavy atom. The number of carbonyl (C=O) groups excluding carboxylic acids is 3. The second-order valence-electron chi connectivity index (χ2n) is 7.93. The number of rotatable bonds is 10. The van der Waals surface area contributed by atoms with E-state index in [9.17, 15) is 24.3 Å². The number of nitrogens with two attached hydrogens (primary N) is 2. The number of carboxylic acid groups (broad SMARTS) is 1. The minimum Gasteiger partial charge on any atom is -0.477 e. The fraction of sp³-hybridized carbons (Fsp3) is 0.500. The van der Waals surface area contributed by atoms with Gasteiger partial charge in [0.1, 0.15) is 36.5 Å². The molecule has 3 heterocycles. The number of amides is 2. The van der Waals surface area contributed by atoms with Gasteiger partial charge >= 0.3 is 11.9 Å². The second-order valence-corrected chi connectivity index (χ2v) is 9.92. The van der Waals surface area contributed by atoms with Crippen molar-refractivity contribution in [2.45, 2.75) is 23.9 Å². The van der Waals surface area contributed by atoms with Crippen molar-refractivity contribution in [3.05, 3.63) is 22.3 Å². The van der Waals surface area contributed by atoms with Crippen molar-refractivity contribution < 1.29 is 49.2 Å². The van der Waals surface area contributed by atoms with Gasteiger partial charge in [-0.1, -0.05) is 5.16 Å². The van der Waals surface area contributed by atoms with Crippen molar-refractivity contribution in [1.29, 1.82) is 0 Å². The summed E-state index contributed by atoms with van der Waals surface area (Å²) in [4.78, 5) is 57.8. The normalized spacial score (nSPS) is 19.1. The lowest BCUT2D eigenvalue weighted by atomic mass is 10.0. The Labute approximate surface area is 224 Å². The molecule has 1 aromatic heterocycles. The van der Waals surface area contributed by atoms with Crippen LogP contribution in [0.1, 0.15) is 12.6 Å². The van der Waals surface area contributed by atoms with Gasteiger partial charge in [0.15, 0.2) is 10.8 Å². The maximum absolute atomic E-state index is 12.7. The smallest absolute Gasteiger partial charge is 0.352 e. The van der Waals surface area contributed by atoms with E-state index in [0.717, 1.165) is 16.2 Å². The van der Waals surface area contributed by atoms with Crippen LogP contribution in [-0.4, -0.2) is 116 Å². The van der Waals surface area contributed by atoms with Crippen molar-refractivity contribution in [3.8, 4) is 0 Å². The molecule has 0 bridgehead atoms. The average Bonchev–Trinajstić information content (AvgIpc) is 3.33. The number of aliphatic hydroxyl groups excluding tert-OH is 3. The molecule has 38 heavy (non-hydrogen) atoms. The number of thioether (sulfide) groups is 1. The lowest BCUT2D eigenvalue weighted by Crippen LogP contribution is -2.71. The molecule has 3 rings (SSSR count). The van der Waals surface area contributed by atoms with Gasteiger partial charge in [-0.3, -0.25) is 19.3 Å². The number of aliphatic carboxylic acids is 1. The number of aliphatic hydroxyl groups is 3. The van der Waals surface area contributed by atoms with Gasteiger partial charge in [0.05, 0.1) is 25.4 Å². The molecule has 16 nitrogen and oxygen atoms in total. The standard InChI is InChI=1S/C16H17N5O7S2.C4H11NO3/c1-6(22)28-3-7-4-29-14-10(13(24)21(14)11(7)15(25)26)19-12(23)9(20-27-2)8-5-30-16(17)18-8;5-4(1-6,2-7)3-8/h5,10,14H,3-4H2,1-2H3,(H2,17,18)(H,19,23)(H,25,26);6-8H,1-3,5H2/b20-9-;/t10-,14-;/m1./s1. The molecule has 210 valence electrons. The highest BCUT2D eigenvalue weighted by atomic mass is 32.2. The molecule has 0 saturated carbocycles. The maximum atomic E-state index is 12.7. The third-order valence-corrected chi connectivity index (χ3v) is 7.11. The molecule has 0 radical (unpaired) electrons. The molecule has 1 saturated heterocycles. The van der Waals surface area contributed by atoms with Crippen molar-refractivity contribution in [2.75, 3.05) is 45.0 Å². The van der Waals surface area contributed by atoms with Crippen LogP contribution in [0.2, 0.25) is 0 Å². The van der Waals surface area contributed by atoms with Gasteiger partial charge in [0.25, 0.3) is 11.8 Å².